The summed E-state index contributed by atoms with van der Waals surface area (Å²) in [6.45, 7) is 3.75. The van der Waals surface area contributed by atoms with E-state index in [1.807, 2.05) is 19.1 Å². The number of aryl methyl sites for hydroxylation is 1. The van der Waals surface area contributed by atoms with Gasteiger partial charge >= 0.3 is 0 Å². The van der Waals surface area contributed by atoms with E-state index in [2.05, 4.69) is 10.5 Å². The minimum atomic E-state index is -3.91. The molecule has 2 aromatic rings. The first-order valence-electron chi connectivity index (χ1n) is 8.94. The summed E-state index contributed by atoms with van der Waals surface area (Å²) in [5, 5.41) is 3.89. The van der Waals surface area contributed by atoms with E-state index in [1.165, 1.54) is 26.4 Å². The van der Waals surface area contributed by atoms with Crippen LogP contribution in [0, 0.1) is 6.92 Å². The predicted octanol–water partition coefficient (Wildman–Crippen LogP) is 2.17. The highest BCUT2D eigenvalue weighted by Crippen LogP contribution is 2.27. The Morgan fingerprint density at radius 1 is 1.21 bits per heavy atom. The Labute approximate surface area is 171 Å². The average molecular weight is 420 g/mol. The number of sulfonamides is 1. The number of nitrogens with one attached hydrogen (secondary N) is 1. The third kappa shape index (κ3) is 5.78. The van der Waals surface area contributed by atoms with E-state index in [1.54, 1.807) is 31.2 Å². The van der Waals surface area contributed by atoms with Gasteiger partial charge in [-0.25, -0.2) is 13.8 Å². The maximum Gasteiger partial charge on any atom is 0.255 e. The fraction of sp³-hybridized carbons (Fsp3) is 0.300. The van der Waals surface area contributed by atoms with Crippen LogP contribution in [0.3, 0.4) is 0 Å². The van der Waals surface area contributed by atoms with Crippen molar-refractivity contribution in [2.75, 3.05) is 27.3 Å². The maximum atomic E-state index is 12.8. The maximum absolute atomic E-state index is 12.8. The van der Waals surface area contributed by atoms with Gasteiger partial charge < -0.3 is 9.47 Å². The molecular formula is C20H25N3O5S. The summed E-state index contributed by atoms with van der Waals surface area (Å²) in [4.78, 5) is 12.2. The van der Waals surface area contributed by atoms with Crippen molar-refractivity contribution in [2.45, 2.75) is 18.7 Å². The Hall–Kier alpha value is -2.91. The zero-order valence-electron chi connectivity index (χ0n) is 16.9. The van der Waals surface area contributed by atoms with E-state index in [0.29, 0.717) is 17.9 Å². The number of benzene rings is 2. The van der Waals surface area contributed by atoms with Crippen LogP contribution in [0.1, 0.15) is 18.1 Å². The first-order valence-corrected chi connectivity index (χ1v) is 10.4. The van der Waals surface area contributed by atoms with Gasteiger partial charge in [-0.15, -0.1) is 0 Å². The second kappa shape index (κ2) is 10.0. The molecule has 1 N–H and O–H groups in total. The lowest BCUT2D eigenvalue weighted by atomic mass is 10.2. The first kappa shape index (κ1) is 22.4. The van der Waals surface area contributed by atoms with Crippen molar-refractivity contribution in [3.63, 3.8) is 0 Å². The fourth-order valence-electron chi connectivity index (χ4n) is 2.52. The number of ether oxygens (including phenoxy) is 2. The molecule has 0 aliphatic carbocycles. The molecule has 1 amide bonds. The van der Waals surface area contributed by atoms with E-state index in [9.17, 15) is 13.2 Å². The highest BCUT2D eigenvalue weighted by atomic mass is 32.2. The molecule has 0 aromatic heterocycles. The van der Waals surface area contributed by atoms with Crippen LogP contribution in [-0.4, -0.2) is 52.2 Å². The van der Waals surface area contributed by atoms with Crippen LogP contribution in [0.5, 0.6) is 11.5 Å². The molecule has 2 aromatic carbocycles. The van der Waals surface area contributed by atoms with Crippen molar-refractivity contribution < 1.29 is 22.7 Å². The third-order valence-corrected chi connectivity index (χ3v) is 5.81. The van der Waals surface area contributed by atoms with Gasteiger partial charge in [0.25, 0.3) is 5.91 Å². The molecule has 29 heavy (non-hydrogen) atoms. The molecule has 0 aliphatic rings. The molecule has 0 heterocycles. The van der Waals surface area contributed by atoms with Gasteiger partial charge in [0.1, 0.15) is 16.4 Å². The van der Waals surface area contributed by atoms with Gasteiger partial charge in [-0.3, -0.25) is 4.79 Å². The van der Waals surface area contributed by atoms with Crippen LogP contribution < -0.4 is 14.9 Å². The number of carbonyl (C=O) groups is 1. The number of carbonyl (C=O) groups excluding carboxylic acids is 1. The minimum absolute atomic E-state index is 0.00411. The third-order valence-electron chi connectivity index (χ3n) is 3.99. The molecule has 0 spiro atoms. The lowest BCUT2D eigenvalue weighted by molar-refractivity contribution is -0.121. The average Bonchev–Trinajstić information content (AvgIpc) is 2.69. The van der Waals surface area contributed by atoms with Gasteiger partial charge in [0.2, 0.25) is 10.0 Å². The number of amides is 1. The van der Waals surface area contributed by atoms with Gasteiger partial charge in [0.05, 0.1) is 26.5 Å². The monoisotopic (exact) mass is 419 g/mol. The van der Waals surface area contributed by atoms with E-state index >= 15 is 0 Å². The van der Waals surface area contributed by atoms with E-state index in [0.717, 1.165) is 9.87 Å². The molecule has 156 valence electrons. The number of hydrazone groups is 1. The van der Waals surface area contributed by atoms with Crippen molar-refractivity contribution in [3.05, 3.63) is 53.6 Å². The quantitative estimate of drug-likeness (QED) is 0.496. The predicted molar refractivity (Wildman–Crippen MR) is 111 cm³/mol. The Kier molecular flexibility index (Phi) is 7.74. The number of hydrogen-bond acceptors (Lipinski definition) is 6. The van der Waals surface area contributed by atoms with E-state index in [4.69, 9.17) is 9.47 Å². The van der Waals surface area contributed by atoms with Crippen molar-refractivity contribution >= 4 is 22.1 Å². The molecule has 9 heteroatoms. The molecule has 0 atom stereocenters. The van der Waals surface area contributed by atoms with Gasteiger partial charge in [-0.05, 0) is 43.7 Å². The van der Waals surface area contributed by atoms with Crippen LogP contribution in [0.25, 0.3) is 0 Å². The summed E-state index contributed by atoms with van der Waals surface area (Å²) < 4.78 is 37.2. The van der Waals surface area contributed by atoms with E-state index in [-0.39, 0.29) is 10.6 Å². The van der Waals surface area contributed by atoms with Gasteiger partial charge in [-0.1, -0.05) is 18.2 Å². The number of methoxy groups -OCH3 is 1. The Morgan fingerprint density at radius 3 is 2.62 bits per heavy atom. The fourth-order valence-corrected chi connectivity index (χ4v) is 3.89. The van der Waals surface area contributed by atoms with E-state index < -0.39 is 22.5 Å². The van der Waals surface area contributed by atoms with Crippen LogP contribution in [0.2, 0.25) is 0 Å². The zero-order chi connectivity index (χ0) is 21.4. The molecule has 0 aliphatic heterocycles. The van der Waals surface area contributed by atoms with Crippen molar-refractivity contribution in [1.82, 2.24) is 9.73 Å². The highest BCUT2D eigenvalue weighted by Gasteiger charge is 2.26. The second-order valence-corrected chi connectivity index (χ2v) is 8.19. The Balaban J connectivity index is 2.06. The molecule has 0 radical (unpaired) electrons. The van der Waals surface area contributed by atoms with Crippen molar-refractivity contribution in [2.24, 2.45) is 5.10 Å². The normalized spacial score (nSPS) is 11.6. The molecule has 0 saturated carbocycles. The molecule has 0 unspecified atom stereocenters. The lowest BCUT2D eigenvalue weighted by Crippen LogP contribution is -2.36. The minimum Gasteiger partial charge on any atom is -0.495 e. The molecule has 0 bridgehead atoms. The van der Waals surface area contributed by atoms with Crippen LogP contribution in [0.4, 0.5) is 0 Å². The zero-order valence-corrected chi connectivity index (χ0v) is 17.7. The highest BCUT2D eigenvalue weighted by molar-refractivity contribution is 7.89. The summed E-state index contributed by atoms with van der Waals surface area (Å²) in [7, 11) is -1.20. The van der Waals surface area contributed by atoms with Crippen molar-refractivity contribution in [3.8, 4) is 11.5 Å². The number of rotatable bonds is 9. The Bertz CT molecular complexity index is 989. The standard InChI is InChI=1S/C20H25N3O5S/c1-5-28-17-9-7-6-8-16(17)13-21-22-20(24)14-23(3)29(25,26)19-12-15(2)10-11-18(19)27-4/h6-13H,5,14H2,1-4H3,(H,22,24). The van der Waals surface area contributed by atoms with Crippen molar-refractivity contribution in [1.29, 1.82) is 0 Å². The largest absolute Gasteiger partial charge is 0.495 e. The van der Waals surface area contributed by atoms with Gasteiger partial charge in [0.15, 0.2) is 0 Å². The summed E-state index contributed by atoms with van der Waals surface area (Å²) in [5.41, 5.74) is 3.79. The molecule has 0 fully saturated rings. The number of para-hydroxylation sites is 1. The number of likely N-dealkylation sites (N-methyl/N-ethyl adjacent to an activating group) is 1. The lowest BCUT2D eigenvalue weighted by Gasteiger charge is -2.18. The molecule has 8 nitrogen and oxygen atoms in total. The SMILES string of the molecule is CCOc1ccccc1C=NNC(=O)CN(C)S(=O)(=O)c1cc(C)ccc1OC. The molecular weight excluding hydrogens is 394 g/mol. The van der Waals surface area contributed by atoms with Gasteiger partial charge in [-0.2, -0.15) is 9.41 Å². The number of nitrogens with zero attached hydrogens (tertiary/aromatic N) is 2. The summed E-state index contributed by atoms with van der Waals surface area (Å²) in [6, 6.07) is 12.1. The summed E-state index contributed by atoms with van der Waals surface area (Å²) in [6.07, 6.45) is 1.45. The van der Waals surface area contributed by atoms with Gasteiger partial charge in [0, 0.05) is 12.6 Å². The smallest absolute Gasteiger partial charge is 0.255 e. The van der Waals surface area contributed by atoms with Crippen LogP contribution in [0.15, 0.2) is 52.5 Å². The Morgan fingerprint density at radius 2 is 1.93 bits per heavy atom. The first-order chi connectivity index (χ1) is 13.8. The second-order valence-electron chi connectivity index (χ2n) is 6.18. The number of hydrogen-bond donors (Lipinski definition) is 1. The molecule has 0 saturated heterocycles. The topological polar surface area (TPSA) is 97.3 Å². The molecule has 2 rings (SSSR count). The summed E-state index contributed by atoms with van der Waals surface area (Å²) >= 11 is 0. The van der Waals surface area contributed by atoms with Crippen LogP contribution >= 0.6 is 0 Å². The van der Waals surface area contributed by atoms with Crippen LogP contribution in [-0.2, 0) is 14.8 Å². The summed E-state index contributed by atoms with van der Waals surface area (Å²) in [5.74, 6) is 0.278.